The van der Waals surface area contributed by atoms with E-state index in [9.17, 15) is 4.79 Å². The lowest BCUT2D eigenvalue weighted by Gasteiger charge is -2.09. The van der Waals surface area contributed by atoms with Crippen LogP contribution in [0.1, 0.15) is 20.3 Å². The zero-order valence-electron chi connectivity index (χ0n) is 9.30. The molecule has 0 saturated carbocycles. The minimum atomic E-state index is 0.0327. The molecule has 0 amide bonds. The van der Waals surface area contributed by atoms with Crippen molar-refractivity contribution < 1.29 is 9.53 Å². The van der Waals surface area contributed by atoms with E-state index in [0.717, 1.165) is 0 Å². The lowest BCUT2D eigenvalue weighted by Crippen LogP contribution is -2.11. The molecule has 0 aromatic heterocycles. The summed E-state index contributed by atoms with van der Waals surface area (Å²) in [6, 6.07) is 5.15. The Labute approximate surface area is 106 Å². The van der Waals surface area contributed by atoms with Gasteiger partial charge in [0.25, 0.3) is 0 Å². The number of rotatable bonds is 5. The molecule has 88 valence electrons. The molecule has 1 rings (SSSR count). The highest BCUT2D eigenvalue weighted by molar-refractivity contribution is 6.37. The van der Waals surface area contributed by atoms with Gasteiger partial charge in [-0.3, -0.25) is 4.79 Å². The van der Waals surface area contributed by atoms with Crippen molar-refractivity contribution in [2.45, 2.75) is 20.3 Å². The molecule has 0 N–H and O–H groups in total. The van der Waals surface area contributed by atoms with Crippen LogP contribution in [0.2, 0.25) is 10.0 Å². The third-order valence-corrected chi connectivity index (χ3v) is 2.75. The van der Waals surface area contributed by atoms with Gasteiger partial charge in [-0.1, -0.05) is 43.1 Å². The van der Waals surface area contributed by atoms with E-state index in [4.69, 9.17) is 27.9 Å². The number of hydrogen-bond acceptors (Lipinski definition) is 2. The summed E-state index contributed by atoms with van der Waals surface area (Å²) in [6.07, 6.45) is 0.374. The van der Waals surface area contributed by atoms with Crippen molar-refractivity contribution in [2.75, 3.05) is 6.61 Å². The van der Waals surface area contributed by atoms with Gasteiger partial charge in [-0.15, -0.1) is 0 Å². The minimum Gasteiger partial charge on any atom is -0.490 e. The number of benzene rings is 1. The normalized spacial score (nSPS) is 10.6. The average Bonchev–Trinajstić information content (AvgIpc) is 2.22. The molecule has 0 radical (unpaired) electrons. The molecule has 0 aliphatic carbocycles. The number of halogens is 2. The Balaban J connectivity index is 2.52. The average molecular weight is 261 g/mol. The molecule has 0 fully saturated rings. The standard InChI is InChI=1S/C12H14Cl2O2/c1-8(2)11(15)6-7-16-12-9(13)4-3-5-10(12)14/h3-5,8H,6-7H2,1-2H3. The highest BCUT2D eigenvalue weighted by atomic mass is 35.5. The highest BCUT2D eigenvalue weighted by Gasteiger charge is 2.10. The molecule has 0 heterocycles. The van der Waals surface area contributed by atoms with Crippen LogP contribution in [-0.2, 0) is 4.79 Å². The van der Waals surface area contributed by atoms with Crippen LogP contribution < -0.4 is 4.74 Å². The van der Waals surface area contributed by atoms with Gasteiger partial charge in [0.05, 0.1) is 16.7 Å². The number of hydrogen-bond donors (Lipinski definition) is 0. The number of carbonyl (C=O) groups excluding carboxylic acids is 1. The summed E-state index contributed by atoms with van der Waals surface area (Å²) >= 11 is 11.8. The Bertz CT molecular complexity index is 355. The summed E-state index contributed by atoms with van der Waals surface area (Å²) in [5.74, 6) is 0.649. The highest BCUT2D eigenvalue weighted by Crippen LogP contribution is 2.32. The van der Waals surface area contributed by atoms with Crippen molar-refractivity contribution in [2.24, 2.45) is 5.92 Å². The van der Waals surface area contributed by atoms with Gasteiger partial charge in [-0.05, 0) is 12.1 Å². The Kier molecular flexibility index (Phi) is 5.10. The van der Waals surface area contributed by atoms with Crippen molar-refractivity contribution in [1.82, 2.24) is 0 Å². The van der Waals surface area contributed by atoms with Crippen LogP contribution in [0.25, 0.3) is 0 Å². The van der Waals surface area contributed by atoms with Crippen molar-refractivity contribution in [1.29, 1.82) is 0 Å². The predicted octanol–water partition coefficient (Wildman–Crippen LogP) is 3.99. The largest absolute Gasteiger partial charge is 0.490 e. The van der Waals surface area contributed by atoms with Crippen molar-refractivity contribution in [3.05, 3.63) is 28.2 Å². The fourth-order valence-electron chi connectivity index (χ4n) is 1.16. The number of ether oxygens (including phenoxy) is 1. The SMILES string of the molecule is CC(C)C(=O)CCOc1c(Cl)cccc1Cl. The maximum absolute atomic E-state index is 11.4. The number of para-hydroxylation sites is 1. The Morgan fingerprint density at radius 2 is 1.88 bits per heavy atom. The quantitative estimate of drug-likeness (QED) is 0.801. The molecular formula is C12H14Cl2O2. The predicted molar refractivity (Wildman–Crippen MR) is 66.4 cm³/mol. The number of ketones is 1. The van der Waals surface area contributed by atoms with Crippen LogP contribution in [0.15, 0.2) is 18.2 Å². The first kappa shape index (κ1) is 13.3. The van der Waals surface area contributed by atoms with Crippen molar-refractivity contribution in [3.8, 4) is 5.75 Å². The molecule has 4 heteroatoms. The van der Waals surface area contributed by atoms with Gasteiger partial charge in [0.15, 0.2) is 5.75 Å². The van der Waals surface area contributed by atoms with E-state index in [0.29, 0.717) is 28.8 Å². The zero-order chi connectivity index (χ0) is 12.1. The first-order valence-corrected chi connectivity index (χ1v) is 5.87. The number of Topliss-reactive ketones (excluding diaryl/α,β-unsaturated/α-hetero) is 1. The van der Waals surface area contributed by atoms with Gasteiger partial charge in [0.2, 0.25) is 0 Å². The summed E-state index contributed by atoms with van der Waals surface area (Å²) in [4.78, 5) is 11.4. The van der Waals surface area contributed by atoms with Crippen LogP contribution in [0.3, 0.4) is 0 Å². The fraction of sp³-hybridized carbons (Fsp3) is 0.417. The minimum absolute atomic E-state index is 0.0327. The summed E-state index contributed by atoms with van der Waals surface area (Å²) in [5, 5.41) is 0.925. The Morgan fingerprint density at radius 3 is 2.38 bits per heavy atom. The molecule has 0 saturated heterocycles. The summed E-state index contributed by atoms with van der Waals surface area (Å²) in [5.41, 5.74) is 0. The number of carbonyl (C=O) groups is 1. The molecule has 0 unspecified atom stereocenters. The summed E-state index contributed by atoms with van der Waals surface area (Å²) in [7, 11) is 0. The van der Waals surface area contributed by atoms with Crippen LogP contribution in [-0.4, -0.2) is 12.4 Å². The van der Waals surface area contributed by atoms with E-state index in [2.05, 4.69) is 0 Å². The summed E-state index contributed by atoms with van der Waals surface area (Å²) < 4.78 is 5.40. The fourth-order valence-corrected chi connectivity index (χ4v) is 1.67. The summed E-state index contributed by atoms with van der Waals surface area (Å²) in [6.45, 7) is 4.04. The topological polar surface area (TPSA) is 26.3 Å². The van der Waals surface area contributed by atoms with Gasteiger partial charge in [0, 0.05) is 12.3 Å². The second kappa shape index (κ2) is 6.12. The lowest BCUT2D eigenvalue weighted by atomic mass is 10.1. The molecule has 1 aromatic carbocycles. The van der Waals surface area contributed by atoms with E-state index in [1.54, 1.807) is 18.2 Å². The first-order chi connectivity index (χ1) is 7.52. The van der Waals surface area contributed by atoms with E-state index in [1.807, 2.05) is 13.8 Å². The Morgan fingerprint density at radius 1 is 1.31 bits per heavy atom. The molecule has 2 nitrogen and oxygen atoms in total. The smallest absolute Gasteiger partial charge is 0.156 e. The van der Waals surface area contributed by atoms with Gasteiger partial charge in [0.1, 0.15) is 5.78 Å². The molecule has 0 bridgehead atoms. The van der Waals surface area contributed by atoms with E-state index in [1.165, 1.54) is 0 Å². The monoisotopic (exact) mass is 260 g/mol. The third kappa shape index (κ3) is 3.69. The second-order valence-electron chi connectivity index (χ2n) is 3.77. The van der Waals surface area contributed by atoms with Crippen molar-refractivity contribution >= 4 is 29.0 Å². The first-order valence-electron chi connectivity index (χ1n) is 5.12. The molecule has 16 heavy (non-hydrogen) atoms. The van der Waals surface area contributed by atoms with Gasteiger partial charge in [-0.25, -0.2) is 0 Å². The van der Waals surface area contributed by atoms with Gasteiger partial charge < -0.3 is 4.74 Å². The molecule has 0 atom stereocenters. The Hall–Kier alpha value is -0.730. The lowest BCUT2D eigenvalue weighted by molar-refractivity contribution is -0.122. The van der Waals surface area contributed by atoms with E-state index < -0.39 is 0 Å². The maximum atomic E-state index is 11.4. The maximum Gasteiger partial charge on any atom is 0.156 e. The van der Waals surface area contributed by atoms with Crippen molar-refractivity contribution in [3.63, 3.8) is 0 Å². The molecular weight excluding hydrogens is 247 g/mol. The van der Waals surface area contributed by atoms with Crippen LogP contribution in [0, 0.1) is 5.92 Å². The van der Waals surface area contributed by atoms with E-state index >= 15 is 0 Å². The van der Waals surface area contributed by atoms with Gasteiger partial charge >= 0.3 is 0 Å². The second-order valence-corrected chi connectivity index (χ2v) is 4.58. The van der Waals surface area contributed by atoms with Crippen LogP contribution in [0.5, 0.6) is 5.75 Å². The molecule has 0 aliphatic rings. The third-order valence-electron chi connectivity index (χ3n) is 2.16. The molecule has 0 aliphatic heterocycles. The molecule has 1 aromatic rings. The molecule has 0 spiro atoms. The van der Waals surface area contributed by atoms with Crippen LogP contribution >= 0.6 is 23.2 Å². The van der Waals surface area contributed by atoms with Gasteiger partial charge in [-0.2, -0.15) is 0 Å². The van der Waals surface area contributed by atoms with Crippen LogP contribution in [0.4, 0.5) is 0 Å². The zero-order valence-corrected chi connectivity index (χ0v) is 10.8. The van der Waals surface area contributed by atoms with E-state index in [-0.39, 0.29) is 11.7 Å².